The van der Waals surface area contributed by atoms with Crippen molar-refractivity contribution in [2.45, 2.75) is 51.1 Å². The Balaban J connectivity index is 1.28. The van der Waals surface area contributed by atoms with Gasteiger partial charge in [-0.15, -0.1) is 5.10 Å². The van der Waals surface area contributed by atoms with Gasteiger partial charge in [-0.1, -0.05) is 29.5 Å². The molecule has 2 N–H and O–H groups in total. The second-order valence-corrected chi connectivity index (χ2v) is 7.58. The lowest BCUT2D eigenvalue weighted by molar-refractivity contribution is -0.0237. The first kappa shape index (κ1) is 19.8. The molecule has 4 rings (SSSR count). The van der Waals surface area contributed by atoms with Gasteiger partial charge < -0.3 is 15.2 Å². The molecule has 154 valence electrons. The molecule has 0 spiro atoms. The van der Waals surface area contributed by atoms with Crippen LogP contribution >= 0.6 is 0 Å². The van der Waals surface area contributed by atoms with E-state index in [1.54, 1.807) is 4.68 Å². The van der Waals surface area contributed by atoms with Crippen molar-refractivity contribution in [3.63, 3.8) is 0 Å². The van der Waals surface area contributed by atoms with Crippen LogP contribution in [0.5, 0.6) is 0 Å². The van der Waals surface area contributed by atoms with Crippen LogP contribution in [0.15, 0.2) is 42.9 Å². The summed E-state index contributed by atoms with van der Waals surface area (Å²) in [6.07, 6.45) is 8.32. The SMILES string of the molecule is CNCc1cnn(Cc2cn(CC(O)COC3CCCc4ccccc43)nn2)c1. The molecular formula is C21H28N6O2. The standard InChI is InChI=1S/C21H28N6O2/c1-22-9-16-10-23-26(11-16)12-18-13-27(25-24-18)14-19(28)15-29-21-8-4-6-17-5-2-3-7-20(17)21/h2-3,5,7,10-11,13,19,21-22,28H,4,6,8-9,12,14-15H2,1H3. The van der Waals surface area contributed by atoms with Crippen LogP contribution in [0.4, 0.5) is 0 Å². The Kier molecular flexibility index (Phi) is 6.33. The lowest BCUT2D eigenvalue weighted by atomic mass is 9.89. The monoisotopic (exact) mass is 396 g/mol. The zero-order chi connectivity index (χ0) is 20.1. The van der Waals surface area contributed by atoms with Crippen LogP contribution in [0, 0.1) is 0 Å². The molecule has 2 unspecified atom stereocenters. The molecule has 0 saturated carbocycles. The molecule has 2 aromatic heterocycles. The minimum atomic E-state index is -0.634. The van der Waals surface area contributed by atoms with Crippen LogP contribution in [0.2, 0.25) is 0 Å². The first-order valence-electron chi connectivity index (χ1n) is 10.1. The van der Waals surface area contributed by atoms with Gasteiger partial charge in [0.15, 0.2) is 0 Å². The van der Waals surface area contributed by atoms with Gasteiger partial charge >= 0.3 is 0 Å². The smallest absolute Gasteiger partial charge is 0.104 e. The topological polar surface area (TPSA) is 90.0 Å². The largest absolute Gasteiger partial charge is 0.389 e. The van der Waals surface area contributed by atoms with E-state index in [4.69, 9.17) is 4.74 Å². The van der Waals surface area contributed by atoms with Crippen LogP contribution in [0.1, 0.15) is 41.3 Å². The van der Waals surface area contributed by atoms with E-state index in [-0.39, 0.29) is 12.7 Å². The highest BCUT2D eigenvalue weighted by Gasteiger charge is 2.21. The molecule has 29 heavy (non-hydrogen) atoms. The summed E-state index contributed by atoms with van der Waals surface area (Å²) in [5.74, 6) is 0. The molecule has 1 aliphatic rings. The number of rotatable bonds is 9. The van der Waals surface area contributed by atoms with Crippen molar-refractivity contribution < 1.29 is 9.84 Å². The van der Waals surface area contributed by atoms with Crippen molar-refractivity contribution >= 4 is 0 Å². The number of benzene rings is 1. The van der Waals surface area contributed by atoms with E-state index < -0.39 is 6.10 Å². The molecule has 3 aromatic rings. The lowest BCUT2D eigenvalue weighted by Crippen LogP contribution is -2.24. The number of aromatic nitrogens is 5. The summed E-state index contributed by atoms with van der Waals surface area (Å²) in [5, 5.41) is 26.1. The number of fused-ring (bicyclic) bond motifs is 1. The zero-order valence-corrected chi connectivity index (χ0v) is 16.7. The molecule has 0 fully saturated rings. The molecule has 0 aliphatic heterocycles. The third-order valence-corrected chi connectivity index (χ3v) is 5.18. The summed E-state index contributed by atoms with van der Waals surface area (Å²) in [7, 11) is 1.91. The first-order valence-corrected chi connectivity index (χ1v) is 10.1. The van der Waals surface area contributed by atoms with Gasteiger partial charge in [0, 0.05) is 18.3 Å². The number of aliphatic hydroxyl groups is 1. The summed E-state index contributed by atoms with van der Waals surface area (Å²) in [6, 6.07) is 8.42. The highest BCUT2D eigenvalue weighted by Crippen LogP contribution is 2.32. The van der Waals surface area contributed by atoms with Crippen molar-refractivity contribution in [2.75, 3.05) is 13.7 Å². The predicted octanol–water partition coefficient (Wildman–Crippen LogP) is 1.70. The Morgan fingerprint density at radius 3 is 3.07 bits per heavy atom. The first-order chi connectivity index (χ1) is 14.2. The molecule has 1 aliphatic carbocycles. The Hall–Kier alpha value is -2.55. The number of hydrogen-bond acceptors (Lipinski definition) is 6. The number of nitrogens with one attached hydrogen (secondary N) is 1. The van der Waals surface area contributed by atoms with E-state index in [2.05, 4.69) is 45.0 Å². The second-order valence-electron chi connectivity index (χ2n) is 7.58. The summed E-state index contributed by atoms with van der Waals surface area (Å²) >= 11 is 0. The average Bonchev–Trinajstić information content (AvgIpc) is 3.36. The maximum atomic E-state index is 10.4. The number of hydrogen-bond donors (Lipinski definition) is 2. The molecule has 1 aromatic carbocycles. The quantitative estimate of drug-likeness (QED) is 0.572. The van der Waals surface area contributed by atoms with Gasteiger partial charge in [-0.3, -0.25) is 4.68 Å². The highest BCUT2D eigenvalue weighted by atomic mass is 16.5. The van der Waals surface area contributed by atoms with Gasteiger partial charge in [-0.2, -0.15) is 5.10 Å². The fourth-order valence-corrected chi connectivity index (χ4v) is 3.83. The lowest BCUT2D eigenvalue weighted by Gasteiger charge is -2.26. The van der Waals surface area contributed by atoms with Crippen LogP contribution in [-0.4, -0.2) is 49.6 Å². The molecule has 2 atom stereocenters. The van der Waals surface area contributed by atoms with E-state index >= 15 is 0 Å². The van der Waals surface area contributed by atoms with Crippen molar-refractivity contribution in [1.82, 2.24) is 30.1 Å². The normalized spacial score (nSPS) is 17.2. The predicted molar refractivity (Wildman–Crippen MR) is 108 cm³/mol. The number of aryl methyl sites for hydroxylation is 1. The van der Waals surface area contributed by atoms with Crippen molar-refractivity contribution in [3.05, 3.63) is 65.2 Å². The second kappa shape index (κ2) is 9.30. The van der Waals surface area contributed by atoms with Crippen molar-refractivity contribution in [3.8, 4) is 0 Å². The van der Waals surface area contributed by atoms with Crippen LogP contribution < -0.4 is 5.32 Å². The van der Waals surface area contributed by atoms with Gasteiger partial charge in [0.1, 0.15) is 5.69 Å². The molecular weight excluding hydrogens is 368 g/mol. The summed E-state index contributed by atoms with van der Waals surface area (Å²) < 4.78 is 9.54. The highest BCUT2D eigenvalue weighted by molar-refractivity contribution is 5.31. The molecule has 0 amide bonds. The molecule has 0 saturated heterocycles. The Labute approximate surface area is 170 Å². The van der Waals surface area contributed by atoms with Gasteiger partial charge in [0.05, 0.1) is 44.3 Å². The molecule has 0 radical (unpaired) electrons. The van der Waals surface area contributed by atoms with Gasteiger partial charge in [0.2, 0.25) is 0 Å². The van der Waals surface area contributed by atoms with Crippen LogP contribution in [-0.2, 0) is 30.8 Å². The Bertz CT molecular complexity index is 921. The van der Waals surface area contributed by atoms with Crippen molar-refractivity contribution in [2.24, 2.45) is 0 Å². The number of aliphatic hydroxyl groups excluding tert-OH is 1. The fourth-order valence-electron chi connectivity index (χ4n) is 3.83. The van der Waals surface area contributed by atoms with E-state index in [0.717, 1.165) is 37.1 Å². The average molecular weight is 396 g/mol. The fraction of sp³-hybridized carbons (Fsp3) is 0.476. The van der Waals surface area contributed by atoms with Crippen molar-refractivity contribution in [1.29, 1.82) is 0 Å². The summed E-state index contributed by atoms with van der Waals surface area (Å²) in [5.41, 5.74) is 4.54. The number of ether oxygens (including phenoxy) is 1. The summed E-state index contributed by atoms with van der Waals surface area (Å²) in [6.45, 7) is 1.96. The van der Waals surface area contributed by atoms with E-state index in [9.17, 15) is 5.11 Å². The third-order valence-electron chi connectivity index (χ3n) is 5.18. The van der Waals surface area contributed by atoms with E-state index in [1.165, 1.54) is 11.1 Å². The van der Waals surface area contributed by atoms with Gasteiger partial charge in [-0.05, 0) is 37.4 Å². The Morgan fingerprint density at radius 2 is 2.17 bits per heavy atom. The van der Waals surface area contributed by atoms with Gasteiger partial charge in [-0.25, -0.2) is 4.68 Å². The van der Waals surface area contributed by atoms with E-state index in [1.807, 2.05) is 30.3 Å². The molecule has 8 heteroatoms. The molecule has 0 bridgehead atoms. The Morgan fingerprint density at radius 1 is 1.28 bits per heavy atom. The summed E-state index contributed by atoms with van der Waals surface area (Å²) in [4.78, 5) is 0. The maximum Gasteiger partial charge on any atom is 0.104 e. The van der Waals surface area contributed by atoms with Crippen LogP contribution in [0.25, 0.3) is 0 Å². The zero-order valence-electron chi connectivity index (χ0n) is 16.7. The minimum Gasteiger partial charge on any atom is -0.389 e. The molecule has 8 nitrogen and oxygen atoms in total. The van der Waals surface area contributed by atoms with E-state index in [0.29, 0.717) is 13.1 Å². The van der Waals surface area contributed by atoms with Crippen LogP contribution in [0.3, 0.4) is 0 Å². The van der Waals surface area contributed by atoms with Gasteiger partial charge in [0.25, 0.3) is 0 Å². The minimum absolute atomic E-state index is 0.0625. The third kappa shape index (κ3) is 5.09. The number of nitrogens with zero attached hydrogens (tertiary/aromatic N) is 5. The molecule has 2 heterocycles. The maximum absolute atomic E-state index is 10.4.